The number of rotatable bonds is 5. The summed E-state index contributed by atoms with van der Waals surface area (Å²) in [6, 6.07) is 6.28. The number of esters is 1. The van der Waals surface area contributed by atoms with Crippen LogP contribution < -0.4 is 4.90 Å². The lowest BCUT2D eigenvalue weighted by Gasteiger charge is -2.19. The number of anilines is 1. The maximum atomic E-state index is 11.5. The normalized spacial score (nSPS) is 10.3. The largest absolute Gasteiger partial charge is 0.465 e. The molecule has 126 valence electrons. The van der Waals surface area contributed by atoms with Gasteiger partial charge in [0.25, 0.3) is 0 Å². The fourth-order valence-corrected chi connectivity index (χ4v) is 2.48. The zero-order chi connectivity index (χ0) is 17.9. The number of hydrogen-bond acceptors (Lipinski definition) is 6. The lowest BCUT2D eigenvalue weighted by Crippen LogP contribution is -2.20. The van der Waals surface area contributed by atoms with Crippen LogP contribution in [0.4, 0.5) is 11.5 Å². The molecule has 0 N–H and O–H groups in total. The van der Waals surface area contributed by atoms with Crippen molar-refractivity contribution in [2.24, 2.45) is 0 Å². The molecule has 2 rings (SSSR count). The van der Waals surface area contributed by atoms with Gasteiger partial charge in [0.15, 0.2) is 0 Å². The zero-order valence-corrected chi connectivity index (χ0v) is 14.3. The summed E-state index contributed by atoms with van der Waals surface area (Å²) in [6.45, 7) is 0.255. The van der Waals surface area contributed by atoms with Crippen LogP contribution in [0.25, 0.3) is 0 Å². The first-order valence-electron chi connectivity index (χ1n) is 6.72. The molecule has 0 bridgehead atoms. The van der Waals surface area contributed by atoms with E-state index < -0.39 is 10.9 Å². The molecule has 1 aromatic carbocycles. The minimum atomic E-state index is -0.697. The minimum absolute atomic E-state index is 0.00198. The Hall–Kier alpha value is -2.38. The summed E-state index contributed by atoms with van der Waals surface area (Å²) in [5.41, 5.74) is 0.389. The first kappa shape index (κ1) is 18.0. The van der Waals surface area contributed by atoms with E-state index in [4.69, 9.17) is 23.2 Å². The summed E-state index contributed by atoms with van der Waals surface area (Å²) >= 11 is 12.1. The zero-order valence-electron chi connectivity index (χ0n) is 12.8. The van der Waals surface area contributed by atoms with Crippen molar-refractivity contribution < 1.29 is 14.5 Å². The monoisotopic (exact) mass is 369 g/mol. The molecule has 0 aliphatic rings. The van der Waals surface area contributed by atoms with E-state index >= 15 is 0 Å². The van der Waals surface area contributed by atoms with Crippen LogP contribution in [0.15, 0.2) is 30.5 Å². The number of methoxy groups -OCH3 is 1. The van der Waals surface area contributed by atoms with Crippen LogP contribution in [0.1, 0.15) is 15.9 Å². The van der Waals surface area contributed by atoms with E-state index in [1.807, 2.05) is 0 Å². The fraction of sp³-hybridized carbons (Fsp3) is 0.200. The third kappa shape index (κ3) is 3.74. The fourth-order valence-electron chi connectivity index (χ4n) is 2.10. The Labute approximate surface area is 147 Å². The van der Waals surface area contributed by atoms with E-state index in [0.29, 0.717) is 15.6 Å². The van der Waals surface area contributed by atoms with Gasteiger partial charge in [0, 0.05) is 25.9 Å². The van der Waals surface area contributed by atoms with Crippen molar-refractivity contribution in [1.29, 1.82) is 0 Å². The van der Waals surface area contributed by atoms with Crippen LogP contribution in [-0.4, -0.2) is 30.0 Å². The molecule has 0 spiro atoms. The highest BCUT2D eigenvalue weighted by atomic mass is 35.5. The summed E-state index contributed by atoms with van der Waals surface area (Å²) in [5.74, 6) is -0.596. The summed E-state index contributed by atoms with van der Waals surface area (Å²) < 4.78 is 4.55. The number of nitrogens with zero attached hydrogens (tertiary/aromatic N) is 3. The predicted octanol–water partition coefficient (Wildman–Crippen LogP) is 3.72. The van der Waals surface area contributed by atoms with Crippen molar-refractivity contribution in [1.82, 2.24) is 4.98 Å². The van der Waals surface area contributed by atoms with Crippen LogP contribution in [0.3, 0.4) is 0 Å². The van der Waals surface area contributed by atoms with Gasteiger partial charge in [-0.05, 0) is 11.6 Å². The molecule has 0 amide bonds. The summed E-state index contributed by atoms with van der Waals surface area (Å²) in [5, 5.41) is 12.1. The van der Waals surface area contributed by atoms with Gasteiger partial charge in [-0.1, -0.05) is 35.3 Å². The molecule has 0 aliphatic carbocycles. The molecule has 0 saturated carbocycles. The van der Waals surface area contributed by atoms with Crippen LogP contribution in [0.5, 0.6) is 0 Å². The van der Waals surface area contributed by atoms with E-state index in [0.717, 1.165) is 6.07 Å². The van der Waals surface area contributed by atoms with E-state index in [1.54, 1.807) is 30.1 Å². The molecule has 0 fully saturated rings. The molecule has 24 heavy (non-hydrogen) atoms. The molecule has 0 radical (unpaired) electrons. The number of pyridine rings is 1. The lowest BCUT2D eigenvalue weighted by atomic mass is 10.2. The number of nitro groups is 1. The van der Waals surface area contributed by atoms with Gasteiger partial charge in [0.2, 0.25) is 5.82 Å². The van der Waals surface area contributed by atoms with E-state index in [-0.39, 0.29) is 23.6 Å². The Morgan fingerprint density at radius 3 is 2.75 bits per heavy atom. The number of benzene rings is 1. The molecular formula is C15H13Cl2N3O4. The smallest absolute Gasteiger partial charge is 0.339 e. The van der Waals surface area contributed by atoms with E-state index in [1.165, 1.54) is 13.3 Å². The Balaban J connectivity index is 2.38. The Bertz CT molecular complexity index is 798. The van der Waals surface area contributed by atoms with Gasteiger partial charge in [-0.15, -0.1) is 0 Å². The van der Waals surface area contributed by atoms with Gasteiger partial charge in [-0.3, -0.25) is 10.1 Å². The number of carbonyl (C=O) groups is 1. The molecule has 0 unspecified atom stereocenters. The molecule has 1 heterocycles. The van der Waals surface area contributed by atoms with Gasteiger partial charge < -0.3 is 9.64 Å². The van der Waals surface area contributed by atoms with Crippen LogP contribution >= 0.6 is 23.2 Å². The van der Waals surface area contributed by atoms with Crippen LogP contribution in [0, 0.1) is 10.1 Å². The first-order chi connectivity index (χ1) is 11.3. The Morgan fingerprint density at radius 2 is 2.12 bits per heavy atom. The van der Waals surface area contributed by atoms with Crippen molar-refractivity contribution >= 4 is 40.7 Å². The maximum absolute atomic E-state index is 11.5. The van der Waals surface area contributed by atoms with Crippen molar-refractivity contribution in [2.45, 2.75) is 6.54 Å². The van der Waals surface area contributed by atoms with Gasteiger partial charge in [-0.2, -0.15) is 0 Å². The van der Waals surface area contributed by atoms with Crippen LogP contribution in [-0.2, 0) is 11.3 Å². The lowest BCUT2D eigenvalue weighted by molar-refractivity contribution is -0.384. The molecule has 1 aromatic heterocycles. The van der Waals surface area contributed by atoms with Gasteiger partial charge in [0.05, 0.1) is 27.6 Å². The number of halogens is 2. The van der Waals surface area contributed by atoms with E-state index in [9.17, 15) is 14.9 Å². The second-order valence-corrected chi connectivity index (χ2v) is 5.67. The van der Waals surface area contributed by atoms with Gasteiger partial charge in [0.1, 0.15) is 0 Å². The Morgan fingerprint density at radius 1 is 1.42 bits per heavy atom. The first-order valence-corrected chi connectivity index (χ1v) is 7.47. The topological polar surface area (TPSA) is 85.6 Å². The highest BCUT2D eigenvalue weighted by Crippen LogP contribution is 2.30. The van der Waals surface area contributed by atoms with Gasteiger partial charge >= 0.3 is 11.7 Å². The maximum Gasteiger partial charge on any atom is 0.339 e. The SMILES string of the molecule is COC(=O)c1cnc(N(C)Cc2cccc(Cl)c2Cl)c([N+](=O)[O-])c1. The third-order valence-corrected chi connectivity index (χ3v) is 4.12. The highest BCUT2D eigenvalue weighted by Gasteiger charge is 2.23. The number of hydrogen-bond donors (Lipinski definition) is 0. The van der Waals surface area contributed by atoms with Crippen molar-refractivity contribution in [3.63, 3.8) is 0 Å². The number of carbonyl (C=O) groups excluding carboxylic acids is 1. The quantitative estimate of drug-likeness (QED) is 0.453. The molecule has 2 aromatic rings. The van der Waals surface area contributed by atoms with Crippen molar-refractivity contribution in [3.05, 3.63) is 61.7 Å². The average Bonchev–Trinajstić information content (AvgIpc) is 2.57. The number of ether oxygens (including phenoxy) is 1. The Kier molecular flexibility index (Phi) is 5.58. The van der Waals surface area contributed by atoms with Crippen LogP contribution in [0.2, 0.25) is 10.0 Å². The second-order valence-electron chi connectivity index (χ2n) is 4.88. The predicted molar refractivity (Wildman–Crippen MR) is 90.8 cm³/mol. The molecule has 0 saturated heterocycles. The second kappa shape index (κ2) is 7.46. The average molecular weight is 370 g/mol. The minimum Gasteiger partial charge on any atom is -0.465 e. The van der Waals surface area contributed by atoms with Gasteiger partial charge in [-0.25, -0.2) is 9.78 Å². The molecule has 0 aliphatic heterocycles. The van der Waals surface area contributed by atoms with Crippen molar-refractivity contribution in [3.8, 4) is 0 Å². The summed E-state index contributed by atoms with van der Waals surface area (Å²) in [4.78, 5) is 27.8. The number of aromatic nitrogens is 1. The summed E-state index contributed by atoms with van der Waals surface area (Å²) in [7, 11) is 2.82. The standard InChI is InChI=1S/C15H13Cl2N3O4/c1-19(8-9-4-3-5-11(16)13(9)17)14-12(20(22)23)6-10(7-18-14)15(21)24-2/h3-7H,8H2,1-2H3. The molecule has 9 heteroatoms. The van der Waals surface area contributed by atoms with Crippen molar-refractivity contribution in [2.75, 3.05) is 19.1 Å². The third-order valence-electron chi connectivity index (χ3n) is 3.27. The molecular weight excluding hydrogens is 357 g/mol. The molecule has 7 nitrogen and oxygen atoms in total. The van der Waals surface area contributed by atoms with E-state index in [2.05, 4.69) is 9.72 Å². The molecule has 0 atom stereocenters. The highest BCUT2D eigenvalue weighted by molar-refractivity contribution is 6.42. The summed E-state index contributed by atoms with van der Waals surface area (Å²) in [6.07, 6.45) is 1.23.